The van der Waals surface area contributed by atoms with Crippen molar-refractivity contribution in [3.8, 4) is 0 Å². The largest absolute Gasteiger partial charge is 0.445 e. The van der Waals surface area contributed by atoms with E-state index in [1.807, 2.05) is 81.4 Å². The fourth-order valence-corrected chi connectivity index (χ4v) is 4.76. The normalized spacial score (nSPS) is 13.6. The number of nitrogens with one attached hydrogen (secondary N) is 3. The number of ether oxygens (including phenoxy) is 1. The number of amides is 4. The Kier molecular flexibility index (Phi) is 17.5. The van der Waals surface area contributed by atoms with Gasteiger partial charge in [0.25, 0.3) is 5.91 Å². The lowest BCUT2D eigenvalue weighted by molar-refractivity contribution is -0.146. The topological polar surface area (TPSA) is 137 Å². The summed E-state index contributed by atoms with van der Waals surface area (Å²) >= 11 is 0. The van der Waals surface area contributed by atoms with Crippen LogP contribution in [-0.2, 0) is 32.1 Å². The summed E-state index contributed by atoms with van der Waals surface area (Å²) in [6.07, 6.45) is 2.33. The molecule has 4 atom stereocenters. The van der Waals surface area contributed by atoms with Crippen molar-refractivity contribution in [2.45, 2.75) is 111 Å². The number of carbonyl (C=O) groups is 4. The van der Waals surface area contributed by atoms with Crippen LogP contribution in [0.1, 0.15) is 90.7 Å². The van der Waals surface area contributed by atoms with Gasteiger partial charge in [-0.05, 0) is 42.2 Å². The van der Waals surface area contributed by atoms with Crippen LogP contribution in [0, 0.1) is 11.8 Å². The molecule has 254 valence electrons. The molecule has 0 aliphatic rings. The number of aliphatic hydroxyl groups is 1. The van der Waals surface area contributed by atoms with E-state index in [9.17, 15) is 24.3 Å². The number of hydrogen-bond acceptors (Lipinski definition) is 6. The molecule has 2 rings (SSSR count). The van der Waals surface area contributed by atoms with Crippen LogP contribution in [0.5, 0.6) is 0 Å². The zero-order valence-corrected chi connectivity index (χ0v) is 28.2. The number of aliphatic hydroxyl groups excluding tert-OH is 1. The van der Waals surface area contributed by atoms with E-state index in [2.05, 4.69) is 29.9 Å². The Morgan fingerprint density at radius 1 is 0.826 bits per heavy atom. The van der Waals surface area contributed by atoms with Gasteiger partial charge in [-0.25, -0.2) is 4.79 Å². The van der Waals surface area contributed by atoms with E-state index in [0.717, 1.165) is 30.4 Å². The maximum atomic E-state index is 14.0. The minimum absolute atomic E-state index is 0.0421. The fraction of sp³-hybridized carbons (Fsp3) is 0.556. The molecule has 0 saturated carbocycles. The molecule has 10 nitrogen and oxygen atoms in total. The molecule has 2 aromatic rings. The van der Waals surface area contributed by atoms with Crippen LogP contribution in [0.15, 0.2) is 60.7 Å². The molecule has 0 aliphatic carbocycles. The highest BCUT2D eigenvalue weighted by molar-refractivity contribution is 5.92. The second-order valence-corrected chi connectivity index (χ2v) is 12.5. The Morgan fingerprint density at radius 3 is 2.04 bits per heavy atom. The fourth-order valence-electron chi connectivity index (χ4n) is 4.76. The van der Waals surface area contributed by atoms with Gasteiger partial charge in [-0.1, -0.05) is 115 Å². The first kappa shape index (κ1) is 38.3. The molecule has 0 aromatic heterocycles. The Labute approximate surface area is 274 Å². The van der Waals surface area contributed by atoms with Crippen molar-refractivity contribution in [2.24, 2.45) is 11.8 Å². The van der Waals surface area contributed by atoms with E-state index in [1.165, 1.54) is 5.01 Å². The highest BCUT2D eigenvalue weighted by atomic mass is 16.5. The third-order valence-corrected chi connectivity index (χ3v) is 7.78. The quantitative estimate of drug-likeness (QED) is 0.154. The molecule has 0 fully saturated rings. The van der Waals surface area contributed by atoms with E-state index in [4.69, 9.17) is 4.74 Å². The summed E-state index contributed by atoms with van der Waals surface area (Å²) in [6, 6.07) is 16.5. The number of hydrogen-bond donors (Lipinski definition) is 4. The molecular weight excluding hydrogens is 584 g/mol. The third kappa shape index (κ3) is 14.9. The van der Waals surface area contributed by atoms with Crippen LogP contribution < -0.4 is 16.1 Å². The summed E-state index contributed by atoms with van der Waals surface area (Å²) in [5.74, 6) is -0.969. The van der Waals surface area contributed by atoms with E-state index >= 15 is 0 Å². The van der Waals surface area contributed by atoms with Gasteiger partial charge >= 0.3 is 6.09 Å². The molecule has 0 aliphatic heterocycles. The molecule has 10 heteroatoms. The predicted molar refractivity (Wildman–Crippen MR) is 179 cm³/mol. The summed E-state index contributed by atoms with van der Waals surface area (Å²) < 4.78 is 5.39. The molecule has 0 saturated heterocycles. The molecule has 0 heterocycles. The van der Waals surface area contributed by atoms with Crippen LogP contribution in [0.2, 0.25) is 0 Å². The average Bonchev–Trinajstić information content (AvgIpc) is 3.04. The predicted octanol–water partition coefficient (Wildman–Crippen LogP) is 5.29. The summed E-state index contributed by atoms with van der Waals surface area (Å²) in [7, 11) is 0. The van der Waals surface area contributed by atoms with Crippen molar-refractivity contribution in [3.05, 3.63) is 71.8 Å². The highest BCUT2D eigenvalue weighted by Gasteiger charge is 2.31. The van der Waals surface area contributed by atoms with Gasteiger partial charge in [0.15, 0.2) is 0 Å². The maximum Gasteiger partial charge on any atom is 0.408 e. The zero-order chi connectivity index (χ0) is 33.9. The van der Waals surface area contributed by atoms with E-state index in [1.54, 1.807) is 0 Å². The molecule has 0 bridgehead atoms. The lowest BCUT2D eigenvalue weighted by Crippen LogP contribution is -2.58. The lowest BCUT2D eigenvalue weighted by atomic mass is 10.0. The molecule has 46 heavy (non-hydrogen) atoms. The molecule has 4 N–H and O–H groups in total. The number of benzene rings is 2. The number of nitrogens with zero attached hydrogens (tertiary/aromatic N) is 1. The van der Waals surface area contributed by atoms with Gasteiger partial charge < -0.3 is 20.5 Å². The zero-order valence-electron chi connectivity index (χ0n) is 28.2. The first-order chi connectivity index (χ1) is 22.0. The average molecular weight is 639 g/mol. The Morgan fingerprint density at radius 2 is 1.46 bits per heavy atom. The van der Waals surface area contributed by atoms with Crippen molar-refractivity contribution >= 4 is 23.8 Å². The Hall–Kier alpha value is -3.92. The first-order valence-electron chi connectivity index (χ1n) is 16.6. The minimum atomic E-state index is -1.02. The van der Waals surface area contributed by atoms with Crippen molar-refractivity contribution in [2.75, 3.05) is 6.54 Å². The van der Waals surface area contributed by atoms with E-state index in [-0.39, 0.29) is 31.9 Å². The van der Waals surface area contributed by atoms with Crippen molar-refractivity contribution in [1.29, 1.82) is 0 Å². The maximum absolute atomic E-state index is 14.0. The van der Waals surface area contributed by atoms with Gasteiger partial charge in [0, 0.05) is 13.0 Å². The van der Waals surface area contributed by atoms with E-state index in [0.29, 0.717) is 25.2 Å². The van der Waals surface area contributed by atoms with E-state index < -0.39 is 42.0 Å². The number of hydrazine groups is 1. The number of unbranched alkanes of at least 4 members (excludes halogenated alkanes) is 1. The van der Waals surface area contributed by atoms with Crippen LogP contribution in [-0.4, -0.2) is 58.7 Å². The molecule has 0 spiro atoms. The summed E-state index contributed by atoms with van der Waals surface area (Å²) in [6.45, 7) is 10.4. The molecular formula is C36H54N4O6. The molecule has 1 unspecified atom stereocenters. The van der Waals surface area contributed by atoms with Gasteiger partial charge in [-0.15, -0.1) is 0 Å². The monoisotopic (exact) mass is 638 g/mol. The SMILES string of the molecule is CCCC[C@H](NC(=O)[C@H](Cc1ccccc1)NC(=O)OCc1ccccc1)C(=O)N(CC(C)CC)NC(=O)C[C@@H](O)CCC(C)C. The molecule has 4 amide bonds. The summed E-state index contributed by atoms with van der Waals surface area (Å²) in [5, 5.41) is 17.2. The number of rotatable bonds is 19. The summed E-state index contributed by atoms with van der Waals surface area (Å²) in [5.41, 5.74) is 4.34. The molecule has 2 aromatic carbocycles. The standard InChI is InChI=1S/C36H54N4O6/c1-6-8-19-31(35(44)40(24-27(5)7-2)39-33(42)23-30(41)21-20-26(3)4)37-34(43)32(22-28-15-11-9-12-16-28)38-36(45)46-25-29-17-13-10-14-18-29/h9-18,26-27,30-32,41H,6-8,19-25H2,1-5H3,(H,37,43)(H,38,45)(H,39,42)/t27?,30-,31-,32-/m0/s1. The van der Waals surface area contributed by atoms with Crippen LogP contribution >= 0.6 is 0 Å². The highest BCUT2D eigenvalue weighted by Crippen LogP contribution is 2.13. The second kappa shape index (κ2) is 21.0. The Bertz CT molecular complexity index is 1190. The van der Waals surface area contributed by atoms with Crippen LogP contribution in [0.4, 0.5) is 4.79 Å². The number of alkyl carbamates (subject to hydrolysis) is 1. The van der Waals surface area contributed by atoms with Gasteiger partial charge in [-0.3, -0.25) is 24.8 Å². The van der Waals surface area contributed by atoms with Gasteiger partial charge in [-0.2, -0.15) is 0 Å². The van der Waals surface area contributed by atoms with Crippen molar-refractivity contribution in [1.82, 2.24) is 21.1 Å². The minimum Gasteiger partial charge on any atom is -0.445 e. The smallest absolute Gasteiger partial charge is 0.408 e. The van der Waals surface area contributed by atoms with Gasteiger partial charge in [0.2, 0.25) is 11.8 Å². The van der Waals surface area contributed by atoms with Crippen molar-refractivity contribution < 1.29 is 29.0 Å². The number of carbonyl (C=O) groups excluding carboxylic acids is 4. The van der Waals surface area contributed by atoms with Crippen molar-refractivity contribution in [3.63, 3.8) is 0 Å². The third-order valence-electron chi connectivity index (χ3n) is 7.78. The summed E-state index contributed by atoms with van der Waals surface area (Å²) in [4.78, 5) is 53.5. The van der Waals surface area contributed by atoms with Crippen LogP contribution in [0.3, 0.4) is 0 Å². The lowest BCUT2D eigenvalue weighted by Gasteiger charge is -2.31. The second-order valence-electron chi connectivity index (χ2n) is 12.5. The first-order valence-corrected chi connectivity index (χ1v) is 16.6. The van der Waals surface area contributed by atoms with Gasteiger partial charge in [0.1, 0.15) is 18.7 Å². The Balaban J connectivity index is 2.21. The molecule has 0 radical (unpaired) electrons. The van der Waals surface area contributed by atoms with Gasteiger partial charge in [0.05, 0.1) is 12.5 Å². The van der Waals surface area contributed by atoms with Crippen LogP contribution in [0.25, 0.3) is 0 Å².